The van der Waals surface area contributed by atoms with Crippen molar-refractivity contribution in [2.45, 2.75) is 18.9 Å². The molecule has 2 aliphatic heterocycles. The number of carbonyl (C=O) groups excluding carboxylic acids is 2. The number of morpholine rings is 1. The predicted molar refractivity (Wildman–Crippen MR) is 82.7 cm³/mol. The van der Waals surface area contributed by atoms with Crippen LogP contribution in [0, 0.1) is 5.92 Å². The van der Waals surface area contributed by atoms with E-state index in [1.54, 1.807) is 0 Å². The summed E-state index contributed by atoms with van der Waals surface area (Å²) in [5.74, 6) is 0.333. The summed E-state index contributed by atoms with van der Waals surface area (Å²) in [6.07, 6.45) is 1.49. The summed E-state index contributed by atoms with van der Waals surface area (Å²) in [7, 11) is 0. The molecule has 22 heavy (non-hydrogen) atoms. The number of hydrogen-bond donors (Lipinski definition) is 1. The van der Waals surface area contributed by atoms with Gasteiger partial charge < -0.3 is 15.0 Å². The Morgan fingerprint density at radius 2 is 1.86 bits per heavy atom. The molecule has 2 saturated heterocycles. The number of benzene rings is 1. The molecule has 1 aromatic carbocycles. The number of amides is 1. The lowest BCUT2D eigenvalue weighted by molar-refractivity contribution is -0.137. The monoisotopic (exact) mass is 302 g/mol. The van der Waals surface area contributed by atoms with Gasteiger partial charge in [-0.15, -0.1) is 0 Å². The van der Waals surface area contributed by atoms with Crippen LogP contribution in [0.3, 0.4) is 0 Å². The van der Waals surface area contributed by atoms with E-state index in [9.17, 15) is 9.59 Å². The van der Waals surface area contributed by atoms with Crippen LogP contribution < -0.4 is 5.32 Å². The average molecular weight is 302 g/mol. The zero-order chi connectivity index (χ0) is 15.4. The van der Waals surface area contributed by atoms with Gasteiger partial charge in [0.15, 0.2) is 5.78 Å². The number of carbonyl (C=O) groups is 2. The number of ether oxygens (including phenoxy) is 1. The standard InChI is InChI=1S/C17H22N2O3/c20-16(13-4-2-1-3-5-13)14-6-9-19(10-7-14)17(21)15-12-22-11-8-18-15/h1-5,14-15,18H,6-12H2. The molecule has 1 aromatic rings. The molecule has 0 radical (unpaired) electrons. The number of rotatable bonds is 3. The first kappa shape index (κ1) is 15.2. The van der Waals surface area contributed by atoms with Gasteiger partial charge in [0.05, 0.1) is 13.2 Å². The molecule has 2 aliphatic rings. The third-order valence-electron chi connectivity index (χ3n) is 4.46. The lowest BCUT2D eigenvalue weighted by atomic mass is 9.88. The van der Waals surface area contributed by atoms with Crippen molar-refractivity contribution in [3.05, 3.63) is 35.9 Å². The summed E-state index contributed by atoms with van der Waals surface area (Å²) in [6.45, 7) is 3.14. The van der Waals surface area contributed by atoms with Gasteiger partial charge in [-0.2, -0.15) is 0 Å². The van der Waals surface area contributed by atoms with E-state index in [0.29, 0.717) is 26.3 Å². The molecular formula is C17H22N2O3. The van der Waals surface area contributed by atoms with Gasteiger partial charge in [0, 0.05) is 31.1 Å². The summed E-state index contributed by atoms with van der Waals surface area (Å²) in [4.78, 5) is 26.7. The Bertz CT molecular complexity index is 518. The molecular weight excluding hydrogens is 280 g/mol. The second-order valence-electron chi connectivity index (χ2n) is 5.91. The SMILES string of the molecule is O=C(c1ccccc1)C1CCN(C(=O)C2COCCN2)CC1. The Hall–Kier alpha value is -1.72. The highest BCUT2D eigenvalue weighted by Crippen LogP contribution is 2.22. The highest BCUT2D eigenvalue weighted by Gasteiger charge is 2.31. The van der Waals surface area contributed by atoms with Gasteiger partial charge in [0.2, 0.25) is 5.91 Å². The fourth-order valence-electron chi connectivity index (χ4n) is 3.14. The molecule has 0 aliphatic carbocycles. The van der Waals surface area contributed by atoms with Crippen molar-refractivity contribution >= 4 is 11.7 Å². The van der Waals surface area contributed by atoms with E-state index in [2.05, 4.69) is 5.32 Å². The molecule has 118 valence electrons. The minimum Gasteiger partial charge on any atom is -0.378 e. The summed E-state index contributed by atoms with van der Waals surface area (Å²) in [5, 5.41) is 3.19. The van der Waals surface area contributed by atoms with E-state index in [4.69, 9.17) is 4.74 Å². The normalized spacial score (nSPS) is 23.3. The van der Waals surface area contributed by atoms with Crippen LogP contribution in [0.1, 0.15) is 23.2 Å². The number of likely N-dealkylation sites (tertiary alicyclic amines) is 1. The van der Waals surface area contributed by atoms with Gasteiger partial charge in [-0.05, 0) is 12.8 Å². The smallest absolute Gasteiger partial charge is 0.242 e. The van der Waals surface area contributed by atoms with Gasteiger partial charge in [0.1, 0.15) is 6.04 Å². The molecule has 5 heteroatoms. The zero-order valence-corrected chi connectivity index (χ0v) is 12.7. The Balaban J connectivity index is 1.54. The molecule has 1 amide bonds. The van der Waals surface area contributed by atoms with Crippen molar-refractivity contribution in [3.63, 3.8) is 0 Å². The predicted octanol–water partition coefficient (Wildman–Crippen LogP) is 1.10. The quantitative estimate of drug-likeness (QED) is 0.849. The molecule has 3 rings (SSSR count). The van der Waals surface area contributed by atoms with Crippen molar-refractivity contribution in [2.75, 3.05) is 32.8 Å². The van der Waals surface area contributed by atoms with Crippen molar-refractivity contribution in [1.29, 1.82) is 0 Å². The first-order valence-corrected chi connectivity index (χ1v) is 7.95. The zero-order valence-electron chi connectivity index (χ0n) is 12.7. The van der Waals surface area contributed by atoms with Gasteiger partial charge in [-0.1, -0.05) is 30.3 Å². The fraction of sp³-hybridized carbons (Fsp3) is 0.529. The fourth-order valence-corrected chi connectivity index (χ4v) is 3.14. The number of nitrogens with zero attached hydrogens (tertiary/aromatic N) is 1. The van der Waals surface area contributed by atoms with Gasteiger partial charge in [-0.3, -0.25) is 9.59 Å². The van der Waals surface area contributed by atoms with E-state index in [1.807, 2.05) is 35.2 Å². The van der Waals surface area contributed by atoms with Crippen LogP contribution in [0.2, 0.25) is 0 Å². The summed E-state index contributed by atoms with van der Waals surface area (Å²) < 4.78 is 5.35. The average Bonchev–Trinajstić information content (AvgIpc) is 2.62. The maximum Gasteiger partial charge on any atom is 0.242 e. The molecule has 1 N–H and O–H groups in total. The molecule has 0 spiro atoms. The minimum atomic E-state index is -0.227. The highest BCUT2D eigenvalue weighted by atomic mass is 16.5. The van der Waals surface area contributed by atoms with Gasteiger partial charge in [0.25, 0.3) is 0 Å². The number of piperidine rings is 1. The van der Waals surface area contributed by atoms with Crippen LogP contribution in [-0.2, 0) is 9.53 Å². The molecule has 0 aromatic heterocycles. The summed E-state index contributed by atoms with van der Waals surface area (Å²) in [5.41, 5.74) is 0.773. The second kappa shape index (κ2) is 7.03. The first-order valence-electron chi connectivity index (χ1n) is 7.95. The topological polar surface area (TPSA) is 58.6 Å². The van der Waals surface area contributed by atoms with Crippen LogP contribution in [0.15, 0.2) is 30.3 Å². The summed E-state index contributed by atoms with van der Waals surface area (Å²) in [6, 6.07) is 9.19. The molecule has 0 saturated carbocycles. The number of nitrogens with one attached hydrogen (secondary N) is 1. The second-order valence-corrected chi connectivity index (χ2v) is 5.91. The number of ketones is 1. The molecule has 0 bridgehead atoms. The Kier molecular flexibility index (Phi) is 4.85. The van der Waals surface area contributed by atoms with E-state index >= 15 is 0 Å². The van der Waals surface area contributed by atoms with Crippen molar-refractivity contribution < 1.29 is 14.3 Å². The Morgan fingerprint density at radius 1 is 1.14 bits per heavy atom. The van der Waals surface area contributed by atoms with Crippen molar-refractivity contribution in [2.24, 2.45) is 5.92 Å². The molecule has 1 atom stereocenters. The maximum atomic E-state index is 12.4. The largest absolute Gasteiger partial charge is 0.378 e. The molecule has 2 fully saturated rings. The van der Waals surface area contributed by atoms with E-state index in [1.165, 1.54) is 0 Å². The van der Waals surface area contributed by atoms with E-state index in [0.717, 1.165) is 24.9 Å². The van der Waals surface area contributed by atoms with Crippen molar-refractivity contribution in [1.82, 2.24) is 10.2 Å². The number of Topliss-reactive ketones (excluding diaryl/α,β-unsaturated/α-hetero) is 1. The summed E-state index contributed by atoms with van der Waals surface area (Å²) >= 11 is 0. The van der Waals surface area contributed by atoms with Crippen LogP contribution >= 0.6 is 0 Å². The highest BCUT2D eigenvalue weighted by molar-refractivity contribution is 5.98. The lowest BCUT2D eigenvalue weighted by Crippen LogP contribution is -2.54. The minimum absolute atomic E-state index is 0.0296. The van der Waals surface area contributed by atoms with Crippen LogP contribution in [-0.4, -0.2) is 55.5 Å². The van der Waals surface area contributed by atoms with Gasteiger partial charge in [-0.25, -0.2) is 0 Å². The Morgan fingerprint density at radius 3 is 2.50 bits per heavy atom. The third kappa shape index (κ3) is 3.36. The van der Waals surface area contributed by atoms with E-state index < -0.39 is 0 Å². The lowest BCUT2D eigenvalue weighted by Gasteiger charge is -2.35. The first-order chi connectivity index (χ1) is 10.8. The van der Waals surface area contributed by atoms with Crippen LogP contribution in [0.4, 0.5) is 0 Å². The number of hydrogen-bond acceptors (Lipinski definition) is 4. The maximum absolute atomic E-state index is 12.4. The molecule has 2 heterocycles. The molecule has 1 unspecified atom stereocenters. The van der Waals surface area contributed by atoms with Crippen LogP contribution in [0.5, 0.6) is 0 Å². The van der Waals surface area contributed by atoms with E-state index in [-0.39, 0.29) is 23.7 Å². The van der Waals surface area contributed by atoms with Gasteiger partial charge >= 0.3 is 0 Å². The third-order valence-corrected chi connectivity index (χ3v) is 4.46. The van der Waals surface area contributed by atoms with Crippen LogP contribution in [0.25, 0.3) is 0 Å². The molecule has 5 nitrogen and oxygen atoms in total. The Labute approximate surface area is 130 Å². The van der Waals surface area contributed by atoms with Crippen molar-refractivity contribution in [3.8, 4) is 0 Å².